The Labute approximate surface area is 92.0 Å². The van der Waals surface area contributed by atoms with Crippen LogP contribution in [0.15, 0.2) is 22.8 Å². The lowest BCUT2D eigenvalue weighted by Crippen LogP contribution is -2.15. The molecule has 1 aliphatic rings. The molecule has 0 aromatic carbocycles. The Balaban J connectivity index is 1.82. The molecule has 3 nitrogen and oxygen atoms in total. The molecule has 2 rings (SSSR count). The second kappa shape index (κ2) is 4.75. The maximum absolute atomic E-state index is 5.57. The molecule has 1 aromatic heterocycles. The van der Waals surface area contributed by atoms with Gasteiger partial charge in [-0.25, -0.2) is 4.98 Å². The van der Waals surface area contributed by atoms with Gasteiger partial charge in [0.15, 0.2) is 0 Å². The van der Waals surface area contributed by atoms with E-state index >= 15 is 0 Å². The van der Waals surface area contributed by atoms with Crippen LogP contribution < -0.4 is 10.1 Å². The monoisotopic (exact) mass is 256 g/mol. The SMILES string of the molecule is Brc1ccc(OC[C@@H]2CCNC2)nc1. The molecule has 0 unspecified atom stereocenters. The highest BCUT2D eigenvalue weighted by molar-refractivity contribution is 9.10. The van der Waals surface area contributed by atoms with Crippen LogP contribution in [-0.2, 0) is 0 Å². The minimum atomic E-state index is 0.639. The smallest absolute Gasteiger partial charge is 0.213 e. The van der Waals surface area contributed by atoms with Crippen LogP contribution in [0.5, 0.6) is 5.88 Å². The standard InChI is InChI=1S/C10H13BrN2O/c11-9-1-2-10(13-6-9)14-7-8-3-4-12-5-8/h1-2,6,8,12H,3-5,7H2/t8-/m1/s1. The fourth-order valence-electron chi connectivity index (χ4n) is 1.51. The van der Waals surface area contributed by atoms with Gasteiger partial charge in [-0.3, -0.25) is 0 Å². The van der Waals surface area contributed by atoms with Crippen molar-refractivity contribution in [2.45, 2.75) is 6.42 Å². The zero-order chi connectivity index (χ0) is 9.80. The van der Waals surface area contributed by atoms with E-state index in [0.29, 0.717) is 11.8 Å². The van der Waals surface area contributed by atoms with Crippen LogP contribution in [0.4, 0.5) is 0 Å². The van der Waals surface area contributed by atoms with Gasteiger partial charge in [0.25, 0.3) is 0 Å². The van der Waals surface area contributed by atoms with Gasteiger partial charge in [0.2, 0.25) is 5.88 Å². The van der Waals surface area contributed by atoms with Crippen molar-refractivity contribution in [3.8, 4) is 5.88 Å². The normalized spacial score (nSPS) is 21.1. The predicted octanol–water partition coefficient (Wildman–Crippen LogP) is 1.83. The first-order valence-electron chi connectivity index (χ1n) is 4.79. The topological polar surface area (TPSA) is 34.1 Å². The number of nitrogens with one attached hydrogen (secondary N) is 1. The number of aromatic nitrogens is 1. The van der Waals surface area contributed by atoms with Crippen molar-refractivity contribution < 1.29 is 4.74 Å². The highest BCUT2D eigenvalue weighted by Crippen LogP contribution is 2.14. The van der Waals surface area contributed by atoms with Crippen molar-refractivity contribution in [1.82, 2.24) is 10.3 Å². The van der Waals surface area contributed by atoms with Gasteiger partial charge in [0, 0.05) is 29.2 Å². The van der Waals surface area contributed by atoms with E-state index in [0.717, 1.165) is 24.2 Å². The maximum atomic E-state index is 5.57. The number of nitrogens with zero attached hydrogens (tertiary/aromatic N) is 1. The average Bonchev–Trinajstić information content (AvgIpc) is 2.70. The van der Waals surface area contributed by atoms with E-state index in [1.807, 2.05) is 12.1 Å². The van der Waals surface area contributed by atoms with Gasteiger partial charge in [-0.05, 0) is 35.0 Å². The molecule has 1 N–H and O–H groups in total. The molecule has 76 valence electrons. The summed E-state index contributed by atoms with van der Waals surface area (Å²) in [6.45, 7) is 2.94. The zero-order valence-electron chi connectivity index (χ0n) is 7.87. The molecule has 1 saturated heterocycles. The average molecular weight is 257 g/mol. The Kier molecular flexibility index (Phi) is 3.37. The van der Waals surface area contributed by atoms with Crippen molar-refractivity contribution in [3.05, 3.63) is 22.8 Å². The lowest BCUT2D eigenvalue weighted by atomic mass is 10.1. The summed E-state index contributed by atoms with van der Waals surface area (Å²) in [5, 5.41) is 3.31. The van der Waals surface area contributed by atoms with Crippen LogP contribution in [0.2, 0.25) is 0 Å². The first-order chi connectivity index (χ1) is 6.84. The molecular formula is C10H13BrN2O. The van der Waals surface area contributed by atoms with Crippen LogP contribution in [0, 0.1) is 5.92 Å². The highest BCUT2D eigenvalue weighted by atomic mass is 79.9. The first-order valence-corrected chi connectivity index (χ1v) is 5.59. The number of pyridine rings is 1. The third kappa shape index (κ3) is 2.69. The van der Waals surface area contributed by atoms with E-state index in [2.05, 4.69) is 26.2 Å². The number of hydrogen-bond acceptors (Lipinski definition) is 3. The Hall–Kier alpha value is -0.610. The molecule has 1 aromatic rings. The van der Waals surface area contributed by atoms with Crippen LogP contribution in [0.1, 0.15) is 6.42 Å². The van der Waals surface area contributed by atoms with Crippen LogP contribution in [0.3, 0.4) is 0 Å². The maximum Gasteiger partial charge on any atom is 0.213 e. The zero-order valence-corrected chi connectivity index (χ0v) is 9.46. The second-order valence-electron chi connectivity index (χ2n) is 3.48. The van der Waals surface area contributed by atoms with Gasteiger partial charge in [0.05, 0.1) is 6.61 Å². The molecule has 0 saturated carbocycles. The van der Waals surface area contributed by atoms with Crippen LogP contribution in [-0.4, -0.2) is 24.7 Å². The fraction of sp³-hybridized carbons (Fsp3) is 0.500. The summed E-state index contributed by atoms with van der Waals surface area (Å²) in [7, 11) is 0. The Morgan fingerprint density at radius 2 is 2.50 bits per heavy atom. The summed E-state index contributed by atoms with van der Waals surface area (Å²) in [5.41, 5.74) is 0. The number of ether oxygens (including phenoxy) is 1. The molecule has 0 radical (unpaired) electrons. The number of hydrogen-bond donors (Lipinski definition) is 1. The van der Waals surface area contributed by atoms with E-state index in [1.54, 1.807) is 6.20 Å². The molecule has 1 aliphatic heterocycles. The quantitative estimate of drug-likeness (QED) is 0.897. The molecular weight excluding hydrogens is 244 g/mol. The molecule has 0 aliphatic carbocycles. The molecule has 14 heavy (non-hydrogen) atoms. The second-order valence-corrected chi connectivity index (χ2v) is 4.40. The summed E-state index contributed by atoms with van der Waals surface area (Å²) >= 11 is 3.33. The third-order valence-corrected chi connectivity index (χ3v) is 2.80. The predicted molar refractivity (Wildman–Crippen MR) is 58.4 cm³/mol. The lowest BCUT2D eigenvalue weighted by Gasteiger charge is -2.09. The van der Waals surface area contributed by atoms with Crippen molar-refractivity contribution >= 4 is 15.9 Å². The number of halogens is 1. The Morgan fingerprint density at radius 3 is 3.14 bits per heavy atom. The van der Waals surface area contributed by atoms with E-state index in [-0.39, 0.29) is 0 Å². The van der Waals surface area contributed by atoms with Crippen molar-refractivity contribution in [2.24, 2.45) is 5.92 Å². The first kappa shape index (κ1) is 9.93. The summed E-state index contributed by atoms with van der Waals surface area (Å²) in [6, 6.07) is 3.82. The van der Waals surface area contributed by atoms with E-state index in [4.69, 9.17) is 4.74 Å². The van der Waals surface area contributed by atoms with E-state index < -0.39 is 0 Å². The van der Waals surface area contributed by atoms with Gasteiger partial charge in [-0.2, -0.15) is 0 Å². The van der Waals surface area contributed by atoms with Crippen molar-refractivity contribution in [3.63, 3.8) is 0 Å². The van der Waals surface area contributed by atoms with Gasteiger partial charge < -0.3 is 10.1 Å². The van der Waals surface area contributed by atoms with Gasteiger partial charge >= 0.3 is 0 Å². The lowest BCUT2D eigenvalue weighted by molar-refractivity contribution is 0.251. The molecule has 1 atom stereocenters. The van der Waals surface area contributed by atoms with Crippen LogP contribution in [0.25, 0.3) is 0 Å². The summed E-state index contributed by atoms with van der Waals surface area (Å²) in [4.78, 5) is 4.15. The molecule has 4 heteroatoms. The van der Waals surface area contributed by atoms with Crippen molar-refractivity contribution in [1.29, 1.82) is 0 Å². The number of rotatable bonds is 3. The minimum absolute atomic E-state index is 0.639. The van der Waals surface area contributed by atoms with Crippen LogP contribution >= 0.6 is 15.9 Å². The Morgan fingerprint density at radius 1 is 1.57 bits per heavy atom. The van der Waals surface area contributed by atoms with E-state index in [9.17, 15) is 0 Å². The third-order valence-electron chi connectivity index (χ3n) is 2.33. The summed E-state index contributed by atoms with van der Waals surface area (Å²) in [6.07, 6.45) is 2.96. The summed E-state index contributed by atoms with van der Waals surface area (Å²) in [5.74, 6) is 1.35. The van der Waals surface area contributed by atoms with E-state index in [1.165, 1.54) is 6.42 Å². The largest absolute Gasteiger partial charge is 0.477 e. The van der Waals surface area contributed by atoms with Gasteiger partial charge in [0.1, 0.15) is 0 Å². The molecule has 0 bridgehead atoms. The van der Waals surface area contributed by atoms with Gasteiger partial charge in [-0.1, -0.05) is 0 Å². The van der Waals surface area contributed by atoms with Crippen molar-refractivity contribution in [2.75, 3.05) is 19.7 Å². The van der Waals surface area contributed by atoms with Gasteiger partial charge in [-0.15, -0.1) is 0 Å². The minimum Gasteiger partial charge on any atom is -0.477 e. The molecule has 0 amide bonds. The highest BCUT2D eigenvalue weighted by Gasteiger charge is 2.14. The fourth-order valence-corrected chi connectivity index (χ4v) is 1.74. The Bertz CT molecular complexity index is 283. The summed E-state index contributed by atoms with van der Waals surface area (Å²) < 4.78 is 6.55. The molecule has 1 fully saturated rings. The molecule has 2 heterocycles. The molecule has 0 spiro atoms.